The van der Waals surface area contributed by atoms with Crippen molar-refractivity contribution in [1.29, 1.82) is 0 Å². The predicted octanol–water partition coefficient (Wildman–Crippen LogP) is 3.68. The molecule has 0 aromatic rings. The van der Waals surface area contributed by atoms with Crippen LogP contribution in [0.2, 0.25) is 0 Å². The van der Waals surface area contributed by atoms with Crippen molar-refractivity contribution < 1.29 is 5.11 Å². The Morgan fingerprint density at radius 1 is 1.06 bits per heavy atom. The van der Waals surface area contributed by atoms with Crippen molar-refractivity contribution in [2.75, 3.05) is 13.1 Å². The molecular weight excluding hydrogens is 222 g/mol. The number of aliphatic hydroxyl groups excluding tert-OH is 1. The van der Waals surface area contributed by atoms with Gasteiger partial charge in [0.1, 0.15) is 0 Å². The molecule has 1 aliphatic carbocycles. The number of likely N-dealkylation sites (N-methyl/N-ethyl adjacent to an activating group) is 1. The number of hydrogen-bond acceptors (Lipinski definition) is 2. The quantitative estimate of drug-likeness (QED) is 0.782. The van der Waals surface area contributed by atoms with E-state index in [0.29, 0.717) is 5.92 Å². The smallest absolute Gasteiger partial charge is 0.0746 e. The van der Waals surface area contributed by atoms with E-state index in [9.17, 15) is 5.11 Å². The van der Waals surface area contributed by atoms with Gasteiger partial charge in [0.15, 0.2) is 0 Å². The van der Waals surface area contributed by atoms with E-state index in [1.54, 1.807) is 0 Å². The molecule has 0 saturated heterocycles. The van der Waals surface area contributed by atoms with Crippen LogP contribution >= 0.6 is 0 Å². The van der Waals surface area contributed by atoms with Gasteiger partial charge in [0.05, 0.1) is 6.10 Å². The highest BCUT2D eigenvalue weighted by Crippen LogP contribution is 2.36. The normalized spacial score (nSPS) is 27.5. The first kappa shape index (κ1) is 16.0. The maximum absolute atomic E-state index is 10.8. The molecule has 0 spiro atoms. The summed E-state index contributed by atoms with van der Waals surface area (Å²) in [5.74, 6) is 1.41. The monoisotopic (exact) mass is 255 g/mol. The molecule has 0 heterocycles. The molecule has 0 amide bonds. The number of nitrogens with zero attached hydrogens (tertiary/aromatic N) is 1. The van der Waals surface area contributed by atoms with Crippen molar-refractivity contribution in [3.63, 3.8) is 0 Å². The fourth-order valence-corrected chi connectivity index (χ4v) is 3.71. The predicted molar refractivity (Wildman–Crippen MR) is 78.7 cm³/mol. The molecule has 0 aliphatic heterocycles. The van der Waals surface area contributed by atoms with Gasteiger partial charge in [-0.3, -0.25) is 4.90 Å². The van der Waals surface area contributed by atoms with Crippen molar-refractivity contribution in [3.8, 4) is 0 Å². The molecule has 18 heavy (non-hydrogen) atoms. The molecule has 1 saturated carbocycles. The summed E-state index contributed by atoms with van der Waals surface area (Å²) in [6.45, 7) is 13.1. The Morgan fingerprint density at radius 3 is 1.94 bits per heavy atom. The molecule has 2 heteroatoms. The van der Waals surface area contributed by atoms with E-state index < -0.39 is 0 Å². The molecule has 108 valence electrons. The van der Waals surface area contributed by atoms with Crippen molar-refractivity contribution in [1.82, 2.24) is 4.90 Å². The second kappa shape index (κ2) is 6.91. The van der Waals surface area contributed by atoms with Gasteiger partial charge in [0.2, 0.25) is 0 Å². The lowest BCUT2D eigenvalue weighted by molar-refractivity contribution is -0.0503. The number of hydrogen-bond donors (Lipinski definition) is 1. The second-order valence-electron chi connectivity index (χ2n) is 6.46. The van der Waals surface area contributed by atoms with Crippen molar-refractivity contribution >= 4 is 0 Å². The highest BCUT2D eigenvalue weighted by atomic mass is 16.3. The van der Waals surface area contributed by atoms with Gasteiger partial charge in [-0.05, 0) is 51.6 Å². The number of aliphatic hydroxyl groups is 1. The Labute approximate surface area is 114 Å². The van der Waals surface area contributed by atoms with Gasteiger partial charge < -0.3 is 5.11 Å². The molecule has 1 unspecified atom stereocenters. The van der Waals surface area contributed by atoms with Gasteiger partial charge in [0, 0.05) is 5.54 Å². The minimum Gasteiger partial charge on any atom is -0.391 e. The van der Waals surface area contributed by atoms with Gasteiger partial charge in [-0.2, -0.15) is 0 Å². The summed E-state index contributed by atoms with van der Waals surface area (Å²) in [5.41, 5.74) is -0.0901. The summed E-state index contributed by atoms with van der Waals surface area (Å²) in [6, 6.07) is 0. The highest BCUT2D eigenvalue weighted by Gasteiger charge is 2.38. The first-order valence-electron chi connectivity index (χ1n) is 7.90. The van der Waals surface area contributed by atoms with E-state index in [4.69, 9.17) is 0 Å². The third-order valence-electron chi connectivity index (χ3n) is 5.22. The van der Waals surface area contributed by atoms with Gasteiger partial charge in [-0.1, -0.05) is 40.0 Å². The zero-order chi connectivity index (χ0) is 13.8. The van der Waals surface area contributed by atoms with Crippen LogP contribution in [0.15, 0.2) is 0 Å². The maximum atomic E-state index is 10.8. The van der Waals surface area contributed by atoms with Crippen LogP contribution in [0.3, 0.4) is 0 Å². The third kappa shape index (κ3) is 3.48. The molecule has 1 N–H and O–H groups in total. The average Bonchev–Trinajstić information content (AvgIpc) is 2.39. The van der Waals surface area contributed by atoms with Crippen LogP contribution in [0.5, 0.6) is 0 Å². The Balaban J connectivity index is 2.60. The Kier molecular flexibility index (Phi) is 6.13. The zero-order valence-electron chi connectivity index (χ0n) is 13.1. The van der Waals surface area contributed by atoms with Gasteiger partial charge in [-0.25, -0.2) is 0 Å². The van der Waals surface area contributed by atoms with Gasteiger partial charge >= 0.3 is 0 Å². The summed E-state index contributed by atoms with van der Waals surface area (Å²) in [5, 5.41) is 10.8. The minimum absolute atomic E-state index is 0.0901. The molecule has 0 radical (unpaired) electrons. The second-order valence-corrected chi connectivity index (χ2v) is 6.46. The van der Waals surface area contributed by atoms with Crippen LogP contribution in [0, 0.1) is 11.8 Å². The van der Waals surface area contributed by atoms with E-state index >= 15 is 0 Å². The van der Waals surface area contributed by atoms with Crippen molar-refractivity contribution in [2.24, 2.45) is 11.8 Å². The van der Waals surface area contributed by atoms with Crippen LogP contribution < -0.4 is 0 Å². The SMILES string of the molecule is CCC1CCC(C(O)C(C)(C)N(CC)CC)CC1. The third-order valence-corrected chi connectivity index (χ3v) is 5.22. The first-order valence-corrected chi connectivity index (χ1v) is 7.90. The minimum atomic E-state index is -0.185. The van der Waals surface area contributed by atoms with E-state index in [1.807, 2.05) is 0 Å². The lowest BCUT2D eigenvalue weighted by Crippen LogP contribution is -2.55. The summed E-state index contributed by atoms with van der Waals surface area (Å²) >= 11 is 0. The molecule has 1 fully saturated rings. The van der Waals surface area contributed by atoms with Crippen LogP contribution in [0.25, 0.3) is 0 Å². The lowest BCUT2D eigenvalue weighted by Gasteiger charge is -2.45. The highest BCUT2D eigenvalue weighted by molar-refractivity contribution is 4.93. The molecule has 0 aromatic carbocycles. The molecule has 1 rings (SSSR count). The Bertz CT molecular complexity index is 227. The van der Waals surface area contributed by atoms with Crippen molar-refractivity contribution in [2.45, 2.75) is 78.4 Å². The molecule has 0 aromatic heterocycles. The summed E-state index contributed by atoms with van der Waals surface area (Å²) in [4.78, 5) is 2.39. The summed E-state index contributed by atoms with van der Waals surface area (Å²) < 4.78 is 0. The summed E-state index contributed by atoms with van der Waals surface area (Å²) in [7, 11) is 0. The lowest BCUT2D eigenvalue weighted by atomic mass is 9.73. The fourth-order valence-electron chi connectivity index (χ4n) is 3.71. The van der Waals surface area contributed by atoms with E-state index in [0.717, 1.165) is 19.0 Å². The standard InChI is InChI=1S/C16H33NO/c1-6-13-9-11-14(12-10-13)15(18)16(4,5)17(7-2)8-3/h13-15,18H,6-12H2,1-5H3. The van der Waals surface area contributed by atoms with Crippen LogP contribution in [0.1, 0.15) is 66.7 Å². The first-order chi connectivity index (χ1) is 8.47. The molecule has 1 atom stereocenters. The van der Waals surface area contributed by atoms with Crippen LogP contribution in [-0.4, -0.2) is 34.7 Å². The molecule has 2 nitrogen and oxygen atoms in total. The Hall–Kier alpha value is -0.0800. The summed E-state index contributed by atoms with van der Waals surface area (Å²) in [6.07, 6.45) is 6.17. The Morgan fingerprint density at radius 2 is 1.56 bits per heavy atom. The van der Waals surface area contributed by atoms with Crippen LogP contribution in [0.4, 0.5) is 0 Å². The van der Waals surface area contributed by atoms with E-state index in [-0.39, 0.29) is 11.6 Å². The van der Waals surface area contributed by atoms with Gasteiger partial charge in [0.25, 0.3) is 0 Å². The topological polar surface area (TPSA) is 23.5 Å². The van der Waals surface area contributed by atoms with Crippen LogP contribution in [-0.2, 0) is 0 Å². The van der Waals surface area contributed by atoms with E-state index in [2.05, 4.69) is 39.5 Å². The molecule has 0 bridgehead atoms. The average molecular weight is 255 g/mol. The van der Waals surface area contributed by atoms with Crippen molar-refractivity contribution in [3.05, 3.63) is 0 Å². The van der Waals surface area contributed by atoms with Gasteiger partial charge in [-0.15, -0.1) is 0 Å². The largest absolute Gasteiger partial charge is 0.391 e. The number of rotatable bonds is 6. The van der Waals surface area contributed by atoms with E-state index in [1.165, 1.54) is 32.1 Å². The zero-order valence-corrected chi connectivity index (χ0v) is 13.1. The maximum Gasteiger partial charge on any atom is 0.0746 e. The molecule has 1 aliphatic rings. The molecular formula is C16H33NO. The fraction of sp³-hybridized carbons (Fsp3) is 1.00.